The number of ether oxygens (including phenoxy) is 1. The average Bonchev–Trinajstić information content (AvgIpc) is 3.13. The first-order valence-electron chi connectivity index (χ1n) is 8.68. The Bertz CT molecular complexity index is 792. The van der Waals surface area contributed by atoms with Crippen molar-refractivity contribution in [2.75, 3.05) is 18.5 Å². The lowest BCUT2D eigenvalue weighted by Gasteiger charge is -2.24. The molecular weight excluding hydrogens is 335 g/mol. The van der Waals surface area contributed by atoms with E-state index < -0.39 is 11.9 Å². The van der Waals surface area contributed by atoms with Gasteiger partial charge in [0.25, 0.3) is 5.91 Å². The minimum Gasteiger partial charge on any atom is -0.494 e. The molecule has 2 aromatic carbocycles. The van der Waals surface area contributed by atoms with Crippen LogP contribution in [0.25, 0.3) is 0 Å². The van der Waals surface area contributed by atoms with Crippen LogP contribution >= 0.6 is 0 Å². The summed E-state index contributed by atoms with van der Waals surface area (Å²) >= 11 is 0. The Morgan fingerprint density at radius 2 is 2.00 bits per heavy atom. The molecule has 1 aliphatic heterocycles. The smallest absolute Gasteiger partial charge is 0.254 e. The number of hydrogen-bond donors (Lipinski definition) is 1. The highest BCUT2D eigenvalue weighted by atomic mass is 19.1. The average molecular weight is 356 g/mol. The van der Waals surface area contributed by atoms with Crippen LogP contribution in [-0.2, 0) is 4.79 Å². The summed E-state index contributed by atoms with van der Waals surface area (Å²) in [4.78, 5) is 26.8. The summed E-state index contributed by atoms with van der Waals surface area (Å²) < 4.78 is 18.8. The SMILES string of the molecule is CCOc1ccc(NC(=O)[C@H]2CCCN2C(=O)c2cccc(F)c2)cc1. The number of likely N-dealkylation sites (tertiary alicyclic amines) is 1. The number of amides is 2. The highest BCUT2D eigenvalue weighted by Crippen LogP contribution is 2.23. The zero-order chi connectivity index (χ0) is 18.5. The lowest BCUT2D eigenvalue weighted by molar-refractivity contribution is -0.119. The molecule has 1 atom stereocenters. The predicted octanol–water partition coefficient (Wildman–Crippen LogP) is 3.47. The highest BCUT2D eigenvalue weighted by Gasteiger charge is 2.34. The van der Waals surface area contributed by atoms with Gasteiger partial charge in [-0.2, -0.15) is 0 Å². The van der Waals surface area contributed by atoms with Gasteiger partial charge in [-0.05, 0) is 62.2 Å². The van der Waals surface area contributed by atoms with Crippen molar-refractivity contribution in [3.05, 3.63) is 59.9 Å². The molecule has 3 rings (SSSR count). The van der Waals surface area contributed by atoms with Crippen molar-refractivity contribution < 1.29 is 18.7 Å². The van der Waals surface area contributed by atoms with Crippen LogP contribution in [0.1, 0.15) is 30.1 Å². The topological polar surface area (TPSA) is 58.6 Å². The molecule has 1 saturated heterocycles. The van der Waals surface area contributed by atoms with Gasteiger partial charge < -0.3 is 15.0 Å². The van der Waals surface area contributed by atoms with E-state index in [9.17, 15) is 14.0 Å². The normalized spacial score (nSPS) is 16.4. The molecule has 5 nitrogen and oxygen atoms in total. The summed E-state index contributed by atoms with van der Waals surface area (Å²) in [6.07, 6.45) is 1.33. The molecule has 0 unspecified atom stereocenters. The maximum Gasteiger partial charge on any atom is 0.254 e. The summed E-state index contributed by atoms with van der Waals surface area (Å²) in [5, 5.41) is 2.84. The van der Waals surface area contributed by atoms with Gasteiger partial charge in [0.2, 0.25) is 5.91 Å². The molecule has 0 radical (unpaired) electrons. The summed E-state index contributed by atoms with van der Waals surface area (Å²) in [7, 11) is 0. The standard InChI is InChI=1S/C20H21FN2O3/c1-2-26-17-10-8-16(9-11-17)22-19(24)18-7-4-12-23(18)20(25)14-5-3-6-15(21)13-14/h3,5-6,8-11,13,18H,2,4,7,12H2,1H3,(H,22,24)/t18-/m1/s1. The number of rotatable bonds is 5. The molecule has 2 amide bonds. The van der Waals surface area contributed by atoms with Gasteiger partial charge in [0, 0.05) is 17.8 Å². The Morgan fingerprint density at radius 1 is 1.23 bits per heavy atom. The fourth-order valence-electron chi connectivity index (χ4n) is 3.10. The number of carbonyl (C=O) groups is 2. The van der Waals surface area contributed by atoms with Gasteiger partial charge in [0.15, 0.2) is 0 Å². The van der Waals surface area contributed by atoms with Crippen LogP contribution in [0.15, 0.2) is 48.5 Å². The lowest BCUT2D eigenvalue weighted by atomic mass is 10.1. The second-order valence-corrected chi connectivity index (χ2v) is 6.11. The van der Waals surface area contributed by atoms with Crippen molar-refractivity contribution in [2.24, 2.45) is 0 Å². The van der Waals surface area contributed by atoms with E-state index in [1.165, 1.54) is 23.1 Å². The number of halogens is 1. The Kier molecular flexibility index (Phi) is 5.51. The van der Waals surface area contributed by atoms with Crippen LogP contribution in [0.4, 0.5) is 10.1 Å². The van der Waals surface area contributed by atoms with Crippen LogP contribution in [0.5, 0.6) is 5.75 Å². The highest BCUT2D eigenvalue weighted by molar-refractivity contribution is 6.01. The molecule has 2 aromatic rings. The van der Waals surface area contributed by atoms with Gasteiger partial charge >= 0.3 is 0 Å². The number of benzene rings is 2. The Balaban J connectivity index is 1.69. The summed E-state index contributed by atoms with van der Waals surface area (Å²) in [5.74, 6) is -0.301. The van der Waals surface area contributed by atoms with Gasteiger partial charge in [-0.15, -0.1) is 0 Å². The predicted molar refractivity (Wildman–Crippen MR) is 96.7 cm³/mol. The first-order chi connectivity index (χ1) is 12.6. The van der Waals surface area contributed by atoms with Crippen LogP contribution in [-0.4, -0.2) is 35.9 Å². The fraction of sp³-hybridized carbons (Fsp3) is 0.300. The summed E-state index contributed by atoms with van der Waals surface area (Å²) in [5.41, 5.74) is 0.897. The molecule has 136 valence electrons. The third-order valence-corrected chi connectivity index (χ3v) is 4.32. The van der Waals surface area contributed by atoms with E-state index in [1.54, 1.807) is 30.3 Å². The van der Waals surface area contributed by atoms with E-state index in [0.717, 1.165) is 12.2 Å². The first kappa shape index (κ1) is 17.9. The van der Waals surface area contributed by atoms with Crippen LogP contribution < -0.4 is 10.1 Å². The Labute approximate surface area is 151 Å². The van der Waals surface area contributed by atoms with E-state index in [0.29, 0.717) is 25.3 Å². The monoisotopic (exact) mass is 356 g/mol. The molecule has 0 bridgehead atoms. The summed E-state index contributed by atoms with van der Waals surface area (Å²) in [6.45, 7) is 2.96. The van der Waals surface area contributed by atoms with Crippen molar-refractivity contribution in [3.8, 4) is 5.75 Å². The fourth-order valence-corrected chi connectivity index (χ4v) is 3.10. The van der Waals surface area contributed by atoms with Crippen LogP contribution in [0, 0.1) is 5.82 Å². The van der Waals surface area contributed by atoms with E-state index >= 15 is 0 Å². The maximum absolute atomic E-state index is 13.4. The second kappa shape index (κ2) is 7.99. The van der Waals surface area contributed by atoms with E-state index in [-0.39, 0.29) is 17.4 Å². The second-order valence-electron chi connectivity index (χ2n) is 6.11. The molecule has 1 fully saturated rings. The molecule has 0 saturated carbocycles. The molecule has 0 aromatic heterocycles. The number of nitrogens with one attached hydrogen (secondary N) is 1. The summed E-state index contributed by atoms with van der Waals surface area (Å²) in [6, 6.07) is 12.1. The first-order valence-corrected chi connectivity index (χ1v) is 8.68. The molecule has 0 spiro atoms. The van der Waals surface area contributed by atoms with Crippen molar-refractivity contribution in [1.29, 1.82) is 0 Å². The molecule has 0 aliphatic carbocycles. The Hall–Kier alpha value is -2.89. The van der Waals surface area contributed by atoms with Crippen molar-refractivity contribution >= 4 is 17.5 Å². The number of anilines is 1. The van der Waals surface area contributed by atoms with E-state index in [4.69, 9.17) is 4.74 Å². The van der Waals surface area contributed by atoms with Crippen molar-refractivity contribution in [1.82, 2.24) is 4.90 Å². The van der Waals surface area contributed by atoms with Crippen LogP contribution in [0.3, 0.4) is 0 Å². The van der Waals surface area contributed by atoms with Gasteiger partial charge in [-0.3, -0.25) is 9.59 Å². The van der Waals surface area contributed by atoms with Gasteiger partial charge in [0.05, 0.1) is 6.61 Å². The van der Waals surface area contributed by atoms with Gasteiger partial charge in [-0.25, -0.2) is 4.39 Å². The van der Waals surface area contributed by atoms with Crippen molar-refractivity contribution in [3.63, 3.8) is 0 Å². The molecular formula is C20H21FN2O3. The molecule has 1 aliphatic rings. The van der Waals surface area contributed by atoms with E-state index in [2.05, 4.69) is 5.32 Å². The minimum absolute atomic E-state index is 0.239. The van der Waals surface area contributed by atoms with Crippen molar-refractivity contribution in [2.45, 2.75) is 25.8 Å². The molecule has 26 heavy (non-hydrogen) atoms. The van der Waals surface area contributed by atoms with E-state index in [1.807, 2.05) is 6.92 Å². The quantitative estimate of drug-likeness (QED) is 0.892. The minimum atomic E-state index is -0.558. The Morgan fingerprint density at radius 3 is 2.69 bits per heavy atom. The largest absolute Gasteiger partial charge is 0.494 e. The lowest BCUT2D eigenvalue weighted by Crippen LogP contribution is -2.43. The number of nitrogens with zero attached hydrogens (tertiary/aromatic N) is 1. The zero-order valence-corrected chi connectivity index (χ0v) is 14.6. The molecule has 1 N–H and O–H groups in total. The van der Waals surface area contributed by atoms with Crippen LogP contribution in [0.2, 0.25) is 0 Å². The maximum atomic E-state index is 13.4. The van der Waals surface area contributed by atoms with Gasteiger partial charge in [-0.1, -0.05) is 6.07 Å². The van der Waals surface area contributed by atoms with Gasteiger partial charge in [0.1, 0.15) is 17.6 Å². The number of hydrogen-bond acceptors (Lipinski definition) is 3. The third-order valence-electron chi connectivity index (χ3n) is 4.32. The molecule has 6 heteroatoms. The zero-order valence-electron chi connectivity index (χ0n) is 14.6. The third kappa shape index (κ3) is 4.02. The number of carbonyl (C=O) groups excluding carboxylic acids is 2. The molecule has 1 heterocycles.